The minimum absolute atomic E-state index is 0.190. The minimum Gasteiger partial charge on any atom is -0.294 e. The van der Waals surface area contributed by atoms with Gasteiger partial charge in [-0.3, -0.25) is 9.69 Å². The Morgan fingerprint density at radius 1 is 1.33 bits per heavy atom. The van der Waals surface area contributed by atoms with E-state index in [1.54, 1.807) is 13.2 Å². The van der Waals surface area contributed by atoms with Crippen LogP contribution >= 0.6 is 15.9 Å². The molecule has 0 atom stereocenters. The van der Waals surface area contributed by atoms with E-state index in [1.807, 2.05) is 25.1 Å². The van der Waals surface area contributed by atoms with Gasteiger partial charge in [-0.15, -0.1) is 0 Å². The molecule has 1 aliphatic carbocycles. The lowest BCUT2D eigenvalue weighted by Crippen LogP contribution is -2.28. The first-order valence-electron chi connectivity index (χ1n) is 6.80. The van der Waals surface area contributed by atoms with Crippen molar-refractivity contribution in [3.8, 4) is 0 Å². The van der Waals surface area contributed by atoms with E-state index in [4.69, 9.17) is 0 Å². The highest BCUT2D eigenvalue weighted by Crippen LogP contribution is 2.38. The number of hydrogen-bond acceptors (Lipinski definition) is 4. The van der Waals surface area contributed by atoms with Crippen LogP contribution in [-0.4, -0.2) is 27.9 Å². The number of halogens is 1. The first kappa shape index (κ1) is 14.1. The molecule has 1 amide bonds. The molecule has 2 aromatic heterocycles. The summed E-state index contributed by atoms with van der Waals surface area (Å²) in [6.07, 6.45) is 3.86. The van der Waals surface area contributed by atoms with E-state index in [0.29, 0.717) is 21.9 Å². The predicted octanol–water partition coefficient (Wildman–Crippen LogP) is 3.10. The highest BCUT2D eigenvalue weighted by molar-refractivity contribution is 9.10. The number of anilines is 1. The van der Waals surface area contributed by atoms with Crippen LogP contribution in [0.25, 0.3) is 0 Å². The molecule has 0 radical (unpaired) electrons. The fraction of sp³-hybridized carbons (Fsp3) is 0.333. The van der Waals surface area contributed by atoms with E-state index < -0.39 is 0 Å². The fourth-order valence-corrected chi connectivity index (χ4v) is 2.41. The predicted molar refractivity (Wildman–Crippen MR) is 83.4 cm³/mol. The van der Waals surface area contributed by atoms with Crippen LogP contribution < -0.4 is 4.90 Å². The van der Waals surface area contributed by atoms with Crippen LogP contribution in [0.5, 0.6) is 0 Å². The molecule has 21 heavy (non-hydrogen) atoms. The van der Waals surface area contributed by atoms with E-state index in [0.717, 1.165) is 24.4 Å². The molecule has 2 heterocycles. The quantitative estimate of drug-likeness (QED) is 0.856. The molecule has 1 fully saturated rings. The van der Waals surface area contributed by atoms with E-state index in [2.05, 4.69) is 30.9 Å². The number of pyridine rings is 1. The van der Waals surface area contributed by atoms with Crippen LogP contribution in [0.3, 0.4) is 0 Å². The van der Waals surface area contributed by atoms with Crippen LogP contribution in [-0.2, 0) is 0 Å². The molecule has 0 bridgehead atoms. The summed E-state index contributed by atoms with van der Waals surface area (Å²) in [7, 11) is 1.70. The molecular formula is C15H15BrN4O. The van der Waals surface area contributed by atoms with Crippen molar-refractivity contribution in [1.29, 1.82) is 0 Å². The van der Waals surface area contributed by atoms with E-state index in [-0.39, 0.29) is 5.91 Å². The van der Waals surface area contributed by atoms with Gasteiger partial charge in [0.05, 0.1) is 4.47 Å². The summed E-state index contributed by atoms with van der Waals surface area (Å²) in [4.78, 5) is 27.2. The molecule has 5 nitrogen and oxygen atoms in total. The van der Waals surface area contributed by atoms with Crippen molar-refractivity contribution in [2.24, 2.45) is 0 Å². The second kappa shape index (κ2) is 5.52. The molecule has 0 aromatic carbocycles. The van der Waals surface area contributed by atoms with Crippen LogP contribution in [0.15, 0.2) is 28.9 Å². The molecule has 0 unspecified atom stereocenters. The highest BCUT2D eigenvalue weighted by Gasteiger charge is 2.29. The van der Waals surface area contributed by atoms with Gasteiger partial charge in [0.2, 0.25) is 0 Å². The Kier molecular flexibility index (Phi) is 3.71. The third kappa shape index (κ3) is 2.95. The number of nitrogens with zero attached hydrogens (tertiary/aromatic N) is 4. The van der Waals surface area contributed by atoms with Gasteiger partial charge in [-0.25, -0.2) is 15.0 Å². The van der Waals surface area contributed by atoms with Gasteiger partial charge in [-0.2, -0.15) is 0 Å². The molecule has 0 spiro atoms. The number of hydrogen-bond donors (Lipinski definition) is 0. The highest BCUT2D eigenvalue weighted by atomic mass is 79.9. The molecule has 0 saturated heterocycles. The summed E-state index contributed by atoms with van der Waals surface area (Å²) < 4.78 is 0.608. The number of carbonyl (C=O) groups is 1. The van der Waals surface area contributed by atoms with Gasteiger partial charge in [-0.1, -0.05) is 6.07 Å². The second-order valence-electron chi connectivity index (χ2n) is 5.20. The molecule has 1 saturated carbocycles. The molecule has 0 aliphatic heterocycles. The summed E-state index contributed by atoms with van der Waals surface area (Å²) in [5, 5.41) is 0. The number of rotatable bonds is 3. The zero-order chi connectivity index (χ0) is 15.0. The smallest absolute Gasteiger partial charge is 0.279 e. The largest absolute Gasteiger partial charge is 0.294 e. The van der Waals surface area contributed by atoms with Crippen LogP contribution in [0.1, 0.15) is 40.8 Å². The Morgan fingerprint density at radius 3 is 2.76 bits per heavy atom. The number of amides is 1. The zero-order valence-electron chi connectivity index (χ0n) is 11.9. The maximum atomic E-state index is 12.6. The lowest BCUT2D eigenvalue weighted by Gasteiger charge is -2.17. The van der Waals surface area contributed by atoms with Gasteiger partial charge >= 0.3 is 0 Å². The molecule has 1 aliphatic rings. The molecule has 2 aromatic rings. The second-order valence-corrected chi connectivity index (χ2v) is 6.05. The van der Waals surface area contributed by atoms with Gasteiger partial charge in [0.25, 0.3) is 5.91 Å². The molecule has 108 valence electrons. The number of aromatic nitrogens is 3. The van der Waals surface area contributed by atoms with Crippen molar-refractivity contribution in [1.82, 2.24) is 15.0 Å². The Labute approximate surface area is 131 Å². The minimum atomic E-state index is -0.190. The summed E-state index contributed by atoms with van der Waals surface area (Å²) in [5.74, 6) is 1.59. The van der Waals surface area contributed by atoms with Crippen molar-refractivity contribution in [3.05, 3.63) is 46.1 Å². The third-order valence-electron chi connectivity index (χ3n) is 3.43. The Hall–Kier alpha value is -1.82. The van der Waals surface area contributed by atoms with E-state index >= 15 is 0 Å². The monoisotopic (exact) mass is 346 g/mol. The van der Waals surface area contributed by atoms with Crippen LogP contribution in [0.2, 0.25) is 0 Å². The molecule has 3 rings (SSSR count). The van der Waals surface area contributed by atoms with Gasteiger partial charge in [0, 0.05) is 24.9 Å². The van der Waals surface area contributed by atoms with E-state index in [1.165, 1.54) is 4.90 Å². The van der Waals surface area contributed by atoms with Crippen molar-refractivity contribution in [2.45, 2.75) is 25.7 Å². The van der Waals surface area contributed by atoms with Gasteiger partial charge in [-0.05, 0) is 47.8 Å². The van der Waals surface area contributed by atoms with Crippen molar-refractivity contribution in [2.75, 3.05) is 11.9 Å². The third-order valence-corrected chi connectivity index (χ3v) is 4.01. The average Bonchev–Trinajstić information content (AvgIpc) is 3.31. The first-order chi connectivity index (χ1) is 10.1. The lowest BCUT2D eigenvalue weighted by molar-refractivity contribution is 0.0986. The van der Waals surface area contributed by atoms with Gasteiger partial charge in [0.1, 0.15) is 17.3 Å². The molecule has 0 N–H and O–H groups in total. The first-order valence-corrected chi connectivity index (χ1v) is 7.59. The van der Waals surface area contributed by atoms with Crippen LogP contribution in [0.4, 0.5) is 5.82 Å². The Morgan fingerprint density at radius 2 is 2.10 bits per heavy atom. The fourth-order valence-electron chi connectivity index (χ4n) is 2.05. The summed E-state index contributed by atoms with van der Waals surface area (Å²) >= 11 is 3.36. The summed E-state index contributed by atoms with van der Waals surface area (Å²) in [6, 6.07) is 5.58. The van der Waals surface area contributed by atoms with Crippen LogP contribution in [0, 0.1) is 6.92 Å². The Balaban J connectivity index is 1.92. The molecule has 6 heteroatoms. The van der Waals surface area contributed by atoms with Crippen molar-refractivity contribution < 1.29 is 4.79 Å². The van der Waals surface area contributed by atoms with Gasteiger partial charge < -0.3 is 0 Å². The topological polar surface area (TPSA) is 59.0 Å². The SMILES string of the molecule is Cc1cccc(N(C)C(=O)c2nc(C3CC3)ncc2Br)n1. The maximum Gasteiger partial charge on any atom is 0.279 e. The summed E-state index contributed by atoms with van der Waals surface area (Å²) in [5.41, 5.74) is 1.25. The van der Waals surface area contributed by atoms with Crippen molar-refractivity contribution in [3.63, 3.8) is 0 Å². The lowest BCUT2D eigenvalue weighted by atomic mass is 10.3. The standard InChI is InChI=1S/C15H15BrN4O/c1-9-4-3-5-12(18-9)20(2)15(21)13-11(16)8-17-14(19-13)10-6-7-10/h3-5,8,10H,6-7H2,1-2H3. The Bertz CT molecular complexity index is 700. The summed E-state index contributed by atoms with van der Waals surface area (Å²) in [6.45, 7) is 1.90. The van der Waals surface area contributed by atoms with E-state index in [9.17, 15) is 4.79 Å². The average molecular weight is 347 g/mol. The normalized spacial score (nSPS) is 14.0. The molecular weight excluding hydrogens is 332 g/mol. The van der Waals surface area contributed by atoms with Gasteiger partial charge in [0.15, 0.2) is 0 Å². The number of carbonyl (C=O) groups excluding carboxylic acids is 1. The number of aryl methyl sites for hydroxylation is 1. The zero-order valence-corrected chi connectivity index (χ0v) is 13.5. The van der Waals surface area contributed by atoms with Crippen molar-refractivity contribution >= 4 is 27.7 Å². The maximum absolute atomic E-state index is 12.6.